The molecule has 0 atom stereocenters. The van der Waals surface area contributed by atoms with Crippen molar-refractivity contribution in [3.8, 4) is 17.6 Å². The zero-order chi connectivity index (χ0) is 15.8. The van der Waals surface area contributed by atoms with Gasteiger partial charge in [-0.15, -0.1) is 0 Å². The summed E-state index contributed by atoms with van der Waals surface area (Å²) < 4.78 is 11.0. The van der Waals surface area contributed by atoms with Gasteiger partial charge in [0, 0.05) is 7.05 Å². The molecule has 0 heterocycles. The van der Waals surface area contributed by atoms with Gasteiger partial charge in [0.15, 0.2) is 6.61 Å². The van der Waals surface area contributed by atoms with Crippen molar-refractivity contribution < 1.29 is 14.3 Å². The lowest BCUT2D eigenvalue weighted by Crippen LogP contribution is -2.24. The maximum atomic E-state index is 11.1. The molecule has 2 aromatic rings. The third-order valence-corrected chi connectivity index (χ3v) is 2.96. The highest BCUT2D eigenvalue weighted by molar-refractivity contribution is 5.77. The normalized spacial score (nSPS) is 9.64. The molecule has 0 aromatic heterocycles. The van der Waals surface area contributed by atoms with Gasteiger partial charge in [0.2, 0.25) is 0 Å². The summed E-state index contributed by atoms with van der Waals surface area (Å²) >= 11 is 0. The van der Waals surface area contributed by atoms with Crippen molar-refractivity contribution in [2.24, 2.45) is 0 Å². The van der Waals surface area contributed by atoms with E-state index in [0.717, 1.165) is 5.56 Å². The molecule has 0 fully saturated rings. The second-order valence-corrected chi connectivity index (χ2v) is 4.53. The van der Waals surface area contributed by atoms with E-state index in [0.29, 0.717) is 23.7 Å². The van der Waals surface area contributed by atoms with Crippen LogP contribution in [0.3, 0.4) is 0 Å². The number of nitrogens with one attached hydrogen (secondary N) is 1. The molecular weight excluding hydrogens is 280 g/mol. The molecule has 0 saturated carbocycles. The fourth-order valence-corrected chi connectivity index (χ4v) is 1.70. The van der Waals surface area contributed by atoms with Gasteiger partial charge in [0.25, 0.3) is 5.91 Å². The van der Waals surface area contributed by atoms with Crippen LogP contribution in [-0.4, -0.2) is 19.6 Å². The van der Waals surface area contributed by atoms with Crippen molar-refractivity contribution in [1.29, 1.82) is 5.26 Å². The molecule has 22 heavy (non-hydrogen) atoms. The zero-order valence-electron chi connectivity index (χ0n) is 12.2. The first-order chi connectivity index (χ1) is 10.7. The molecule has 5 heteroatoms. The lowest BCUT2D eigenvalue weighted by atomic mass is 10.2. The summed E-state index contributed by atoms with van der Waals surface area (Å²) in [4.78, 5) is 11.1. The van der Waals surface area contributed by atoms with Gasteiger partial charge >= 0.3 is 0 Å². The largest absolute Gasteiger partial charge is 0.489 e. The summed E-state index contributed by atoms with van der Waals surface area (Å²) in [5.41, 5.74) is 1.61. The van der Waals surface area contributed by atoms with Gasteiger partial charge in [-0.3, -0.25) is 4.79 Å². The second kappa shape index (κ2) is 7.70. The molecule has 0 bridgehead atoms. The highest BCUT2D eigenvalue weighted by Gasteiger charge is 2.01. The molecule has 0 aliphatic heterocycles. The van der Waals surface area contributed by atoms with E-state index in [1.165, 1.54) is 0 Å². The quantitative estimate of drug-likeness (QED) is 0.887. The van der Waals surface area contributed by atoms with Crippen LogP contribution in [0.4, 0.5) is 0 Å². The van der Waals surface area contributed by atoms with Crippen molar-refractivity contribution in [3.05, 3.63) is 59.7 Å². The number of amides is 1. The summed E-state index contributed by atoms with van der Waals surface area (Å²) in [7, 11) is 1.56. The molecule has 0 radical (unpaired) electrons. The number of rotatable bonds is 6. The molecule has 0 aliphatic rings. The Kier molecular flexibility index (Phi) is 5.38. The van der Waals surface area contributed by atoms with Gasteiger partial charge in [-0.05, 0) is 42.0 Å². The topological polar surface area (TPSA) is 71.3 Å². The monoisotopic (exact) mass is 296 g/mol. The molecule has 0 unspecified atom stereocenters. The van der Waals surface area contributed by atoms with Crippen LogP contribution in [-0.2, 0) is 11.4 Å². The number of hydrogen-bond donors (Lipinski definition) is 1. The Balaban J connectivity index is 1.85. The maximum Gasteiger partial charge on any atom is 0.257 e. The SMILES string of the molecule is CNC(=O)COc1ccc(OCc2ccc(C#N)cc2)cc1. The molecule has 2 aromatic carbocycles. The molecule has 0 saturated heterocycles. The number of ether oxygens (including phenoxy) is 2. The number of nitriles is 1. The molecule has 5 nitrogen and oxygen atoms in total. The summed E-state index contributed by atoms with van der Waals surface area (Å²) in [5, 5.41) is 11.2. The Morgan fingerprint density at radius 1 is 1.05 bits per heavy atom. The summed E-state index contributed by atoms with van der Waals surface area (Å²) in [6, 6.07) is 16.4. The molecule has 1 N–H and O–H groups in total. The van der Waals surface area contributed by atoms with Crippen molar-refractivity contribution in [1.82, 2.24) is 5.32 Å². The van der Waals surface area contributed by atoms with Gasteiger partial charge < -0.3 is 14.8 Å². The van der Waals surface area contributed by atoms with Crippen LogP contribution in [0.2, 0.25) is 0 Å². The number of carbonyl (C=O) groups is 1. The van der Waals surface area contributed by atoms with Crippen LogP contribution < -0.4 is 14.8 Å². The first kappa shape index (κ1) is 15.4. The Labute approximate surface area is 129 Å². The Morgan fingerprint density at radius 3 is 2.18 bits per heavy atom. The van der Waals surface area contributed by atoms with E-state index < -0.39 is 0 Å². The van der Waals surface area contributed by atoms with Crippen LogP contribution in [0, 0.1) is 11.3 Å². The average Bonchev–Trinajstić information content (AvgIpc) is 2.59. The fraction of sp³-hybridized carbons (Fsp3) is 0.176. The van der Waals surface area contributed by atoms with E-state index >= 15 is 0 Å². The zero-order valence-corrected chi connectivity index (χ0v) is 12.2. The standard InChI is InChI=1S/C17H16N2O3/c1-19-17(20)12-22-16-8-6-15(7-9-16)21-11-14-4-2-13(10-18)3-5-14/h2-9H,11-12H2,1H3,(H,19,20). The lowest BCUT2D eigenvalue weighted by molar-refractivity contribution is -0.122. The average molecular weight is 296 g/mol. The van der Waals surface area contributed by atoms with E-state index in [4.69, 9.17) is 14.7 Å². The predicted molar refractivity (Wildman–Crippen MR) is 81.5 cm³/mol. The van der Waals surface area contributed by atoms with E-state index in [1.807, 2.05) is 12.1 Å². The number of carbonyl (C=O) groups excluding carboxylic acids is 1. The second-order valence-electron chi connectivity index (χ2n) is 4.53. The number of hydrogen-bond acceptors (Lipinski definition) is 4. The van der Waals surface area contributed by atoms with Gasteiger partial charge in [-0.2, -0.15) is 5.26 Å². The first-order valence-corrected chi connectivity index (χ1v) is 6.76. The summed E-state index contributed by atoms with van der Waals surface area (Å²) in [6.45, 7) is 0.409. The Hall–Kier alpha value is -3.00. The van der Waals surface area contributed by atoms with E-state index in [1.54, 1.807) is 43.4 Å². The highest BCUT2D eigenvalue weighted by Crippen LogP contribution is 2.18. The van der Waals surface area contributed by atoms with Gasteiger partial charge in [-0.25, -0.2) is 0 Å². The highest BCUT2D eigenvalue weighted by atomic mass is 16.5. The van der Waals surface area contributed by atoms with E-state index in [-0.39, 0.29) is 12.5 Å². The van der Waals surface area contributed by atoms with Crippen molar-refractivity contribution in [2.45, 2.75) is 6.61 Å². The molecule has 2 rings (SSSR count). The van der Waals surface area contributed by atoms with Gasteiger partial charge in [0.1, 0.15) is 18.1 Å². The summed E-state index contributed by atoms with van der Waals surface area (Å²) in [5.74, 6) is 1.13. The maximum absolute atomic E-state index is 11.1. The predicted octanol–water partition coefficient (Wildman–Crippen LogP) is 2.26. The van der Waals surface area contributed by atoms with Gasteiger partial charge in [-0.1, -0.05) is 12.1 Å². The fourth-order valence-electron chi connectivity index (χ4n) is 1.70. The van der Waals surface area contributed by atoms with E-state index in [9.17, 15) is 4.79 Å². The van der Waals surface area contributed by atoms with Crippen LogP contribution in [0.15, 0.2) is 48.5 Å². The number of benzene rings is 2. The molecule has 0 spiro atoms. The van der Waals surface area contributed by atoms with Crippen LogP contribution in [0.5, 0.6) is 11.5 Å². The van der Waals surface area contributed by atoms with Crippen molar-refractivity contribution in [3.63, 3.8) is 0 Å². The molecule has 1 amide bonds. The molecule has 112 valence electrons. The van der Waals surface area contributed by atoms with Crippen LogP contribution in [0.25, 0.3) is 0 Å². The number of nitrogens with zero attached hydrogens (tertiary/aromatic N) is 1. The Bertz CT molecular complexity index is 658. The molecular formula is C17H16N2O3. The van der Waals surface area contributed by atoms with Crippen LogP contribution in [0.1, 0.15) is 11.1 Å². The van der Waals surface area contributed by atoms with Crippen molar-refractivity contribution >= 4 is 5.91 Å². The smallest absolute Gasteiger partial charge is 0.257 e. The van der Waals surface area contributed by atoms with Crippen LogP contribution >= 0.6 is 0 Å². The first-order valence-electron chi connectivity index (χ1n) is 6.76. The number of likely N-dealkylation sites (N-methyl/N-ethyl adjacent to an activating group) is 1. The minimum atomic E-state index is -0.179. The minimum Gasteiger partial charge on any atom is -0.489 e. The third kappa shape index (κ3) is 4.53. The lowest BCUT2D eigenvalue weighted by Gasteiger charge is -2.08. The minimum absolute atomic E-state index is 0.0120. The van der Waals surface area contributed by atoms with E-state index in [2.05, 4.69) is 11.4 Å². The van der Waals surface area contributed by atoms with Gasteiger partial charge in [0.05, 0.1) is 11.6 Å². The summed E-state index contributed by atoms with van der Waals surface area (Å²) in [6.07, 6.45) is 0. The third-order valence-electron chi connectivity index (χ3n) is 2.96. The van der Waals surface area contributed by atoms with Crippen molar-refractivity contribution in [2.75, 3.05) is 13.7 Å². The molecule has 0 aliphatic carbocycles. The Morgan fingerprint density at radius 2 is 1.64 bits per heavy atom.